The van der Waals surface area contributed by atoms with Gasteiger partial charge in [0.25, 0.3) is 5.91 Å². The Kier molecular flexibility index (Phi) is 5.63. The maximum Gasteiger partial charge on any atom is 0.263 e. The van der Waals surface area contributed by atoms with Crippen LogP contribution in [0.1, 0.15) is 11.1 Å². The molecule has 1 heterocycles. The number of rotatable bonds is 5. The van der Waals surface area contributed by atoms with E-state index in [2.05, 4.69) is 5.32 Å². The number of carbonyl (C=O) groups is 1. The normalized spacial score (nSPS) is 15.4. The molecule has 0 spiro atoms. The van der Waals surface area contributed by atoms with Crippen molar-refractivity contribution in [1.82, 2.24) is 5.32 Å². The second-order valence-corrected chi connectivity index (χ2v) is 7.29. The zero-order valence-electron chi connectivity index (χ0n) is 13.2. The van der Waals surface area contributed by atoms with Crippen molar-refractivity contribution in [2.45, 2.75) is 6.61 Å². The maximum atomic E-state index is 11.8. The largest absolute Gasteiger partial charge is 0.493 e. The molecule has 3 rings (SSSR count). The number of ether oxygens (including phenoxy) is 2. The Bertz CT molecular complexity index is 853. The zero-order chi connectivity index (χ0) is 17.8. The molecule has 1 aliphatic heterocycles. The van der Waals surface area contributed by atoms with Crippen molar-refractivity contribution in [3.05, 3.63) is 63.5 Å². The van der Waals surface area contributed by atoms with E-state index in [-0.39, 0.29) is 5.91 Å². The number of hydrogen-bond acceptors (Lipinski definition) is 5. The number of amides is 1. The average molecular weight is 392 g/mol. The van der Waals surface area contributed by atoms with Gasteiger partial charge in [-0.3, -0.25) is 4.79 Å². The van der Waals surface area contributed by atoms with Crippen molar-refractivity contribution in [1.29, 1.82) is 0 Å². The first-order chi connectivity index (χ1) is 12.1. The van der Waals surface area contributed by atoms with Crippen LogP contribution in [0.3, 0.4) is 0 Å². The monoisotopic (exact) mass is 391 g/mol. The molecule has 0 bridgehead atoms. The van der Waals surface area contributed by atoms with Gasteiger partial charge in [-0.1, -0.05) is 65.9 Å². The predicted molar refractivity (Wildman–Crippen MR) is 105 cm³/mol. The molecule has 0 aliphatic carbocycles. The average Bonchev–Trinajstić information content (AvgIpc) is 2.91. The number of thiocarbonyl (C=S) groups is 1. The number of benzene rings is 2. The Hall–Kier alpha value is -2.02. The summed E-state index contributed by atoms with van der Waals surface area (Å²) >= 11 is 12.6. The SMILES string of the molecule is COc1cc(/C=C2\SC(=S)NC2=O)cc(Cl)c1OCc1ccccc1. The van der Waals surface area contributed by atoms with E-state index < -0.39 is 0 Å². The molecule has 128 valence electrons. The summed E-state index contributed by atoms with van der Waals surface area (Å²) in [5.41, 5.74) is 1.76. The molecule has 0 radical (unpaired) electrons. The maximum absolute atomic E-state index is 11.8. The molecule has 0 saturated carbocycles. The summed E-state index contributed by atoms with van der Waals surface area (Å²) in [7, 11) is 1.55. The standard InChI is InChI=1S/C18H14ClNO3S2/c1-22-14-8-12(9-15-17(21)20-18(24)25-15)7-13(19)16(14)23-10-11-5-3-2-4-6-11/h2-9H,10H2,1H3,(H,20,21,24)/b15-9-. The molecule has 0 atom stereocenters. The van der Waals surface area contributed by atoms with Gasteiger partial charge in [-0.05, 0) is 29.3 Å². The fraction of sp³-hybridized carbons (Fsp3) is 0.111. The number of halogens is 1. The van der Waals surface area contributed by atoms with E-state index in [1.165, 1.54) is 11.8 Å². The molecule has 7 heteroatoms. The molecule has 2 aromatic rings. The topological polar surface area (TPSA) is 47.6 Å². The van der Waals surface area contributed by atoms with E-state index in [4.69, 9.17) is 33.3 Å². The van der Waals surface area contributed by atoms with Crippen LogP contribution in [0.25, 0.3) is 6.08 Å². The third kappa shape index (κ3) is 4.34. The summed E-state index contributed by atoms with van der Waals surface area (Å²) in [6.07, 6.45) is 1.72. The molecule has 1 fully saturated rings. The van der Waals surface area contributed by atoms with E-state index in [0.29, 0.717) is 32.4 Å². The quantitative estimate of drug-likeness (QED) is 0.604. The highest BCUT2D eigenvalue weighted by Gasteiger charge is 2.22. The van der Waals surface area contributed by atoms with Gasteiger partial charge in [0.05, 0.1) is 17.0 Å². The van der Waals surface area contributed by atoms with Crippen LogP contribution in [0, 0.1) is 0 Å². The summed E-state index contributed by atoms with van der Waals surface area (Å²) < 4.78 is 11.7. The van der Waals surface area contributed by atoms with E-state index in [0.717, 1.165) is 11.1 Å². The lowest BCUT2D eigenvalue weighted by Gasteiger charge is -2.13. The van der Waals surface area contributed by atoms with Crippen LogP contribution in [-0.4, -0.2) is 17.3 Å². The van der Waals surface area contributed by atoms with Gasteiger partial charge in [-0.15, -0.1) is 0 Å². The molecule has 4 nitrogen and oxygen atoms in total. The zero-order valence-corrected chi connectivity index (χ0v) is 15.6. The lowest BCUT2D eigenvalue weighted by molar-refractivity contribution is -0.115. The van der Waals surface area contributed by atoms with E-state index in [1.54, 1.807) is 25.3 Å². The van der Waals surface area contributed by atoms with Gasteiger partial charge in [-0.25, -0.2) is 0 Å². The molecular weight excluding hydrogens is 378 g/mol. The van der Waals surface area contributed by atoms with Crippen molar-refractivity contribution in [2.24, 2.45) is 0 Å². The molecule has 1 amide bonds. The summed E-state index contributed by atoms with van der Waals surface area (Å²) in [6.45, 7) is 0.379. The molecule has 1 saturated heterocycles. The van der Waals surface area contributed by atoms with Crippen molar-refractivity contribution < 1.29 is 14.3 Å². The van der Waals surface area contributed by atoms with Crippen LogP contribution >= 0.6 is 35.6 Å². The Morgan fingerprint density at radius 1 is 1.28 bits per heavy atom. The number of methoxy groups -OCH3 is 1. The van der Waals surface area contributed by atoms with E-state index in [1.807, 2.05) is 30.3 Å². The van der Waals surface area contributed by atoms with E-state index in [9.17, 15) is 4.79 Å². The van der Waals surface area contributed by atoms with Gasteiger partial charge < -0.3 is 14.8 Å². The van der Waals surface area contributed by atoms with Crippen molar-refractivity contribution in [3.63, 3.8) is 0 Å². The lowest BCUT2D eigenvalue weighted by Crippen LogP contribution is -2.17. The van der Waals surface area contributed by atoms with Crippen LogP contribution in [0.2, 0.25) is 5.02 Å². The highest BCUT2D eigenvalue weighted by Crippen LogP contribution is 2.38. The number of nitrogens with one attached hydrogen (secondary N) is 1. The molecular formula is C18H14ClNO3S2. The van der Waals surface area contributed by atoms with Gasteiger partial charge >= 0.3 is 0 Å². The molecule has 25 heavy (non-hydrogen) atoms. The summed E-state index contributed by atoms with van der Waals surface area (Å²) in [4.78, 5) is 12.3. The predicted octanol–water partition coefficient (Wildman–Crippen LogP) is 4.42. The third-order valence-corrected chi connectivity index (χ3v) is 4.86. The highest BCUT2D eigenvalue weighted by atomic mass is 35.5. The van der Waals surface area contributed by atoms with Crippen LogP contribution in [0.5, 0.6) is 11.5 Å². The molecule has 1 aliphatic rings. The van der Waals surface area contributed by atoms with Gasteiger partial charge in [0, 0.05) is 0 Å². The Morgan fingerprint density at radius 3 is 2.68 bits per heavy atom. The van der Waals surface area contributed by atoms with Crippen LogP contribution < -0.4 is 14.8 Å². The first kappa shape index (κ1) is 17.8. The Balaban J connectivity index is 1.85. The van der Waals surface area contributed by atoms with Crippen molar-refractivity contribution in [3.8, 4) is 11.5 Å². The number of hydrogen-bond donors (Lipinski definition) is 1. The van der Waals surface area contributed by atoms with Crippen LogP contribution in [0.4, 0.5) is 0 Å². The van der Waals surface area contributed by atoms with E-state index >= 15 is 0 Å². The smallest absolute Gasteiger partial charge is 0.263 e. The minimum Gasteiger partial charge on any atom is -0.493 e. The second kappa shape index (κ2) is 7.91. The third-order valence-electron chi connectivity index (χ3n) is 3.42. The Labute approximate surface area is 160 Å². The van der Waals surface area contributed by atoms with Crippen LogP contribution in [-0.2, 0) is 11.4 Å². The molecule has 1 N–H and O–H groups in total. The molecule has 0 unspecified atom stereocenters. The second-order valence-electron chi connectivity index (χ2n) is 5.16. The molecule has 2 aromatic carbocycles. The van der Waals surface area contributed by atoms with Gasteiger partial charge in [0.1, 0.15) is 10.9 Å². The lowest BCUT2D eigenvalue weighted by atomic mass is 10.1. The van der Waals surface area contributed by atoms with Crippen molar-refractivity contribution in [2.75, 3.05) is 7.11 Å². The summed E-state index contributed by atoms with van der Waals surface area (Å²) in [6, 6.07) is 13.3. The summed E-state index contributed by atoms with van der Waals surface area (Å²) in [5.74, 6) is 0.755. The Morgan fingerprint density at radius 2 is 2.04 bits per heavy atom. The van der Waals surface area contributed by atoms with Gasteiger partial charge in [-0.2, -0.15) is 0 Å². The van der Waals surface area contributed by atoms with Gasteiger partial charge in [0.15, 0.2) is 11.5 Å². The summed E-state index contributed by atoms with van der Waals surface area (Å²) in [5, 5.41) is 2.99. The minimum atomic E-state index is -0.213. The number of thioether (sulfide) groups is 1. The molecule has 0 aromatic heterocycles. The number of carbonyl (C=O) groups excluding carboxylic acids is 1. The fourth-order valence-corrected chi connectivity index (χ4v) is 3.58. The van der Waals surface area contributed by atoms with Crippen molar-refractivity contribution >= 4 is 51.9 Å². The fourth-order valence-electron chi connectivity index (χ4n) is 2.27. The van der Waals surface area contributed by atoms with Crippen LogP contribution in [0.15, 0.2) is 47.4 Å². The first-order valence-electron chi connectivity index (χ1n) is 7.36. The first-order valence-corrected chi connectivity index (χ1v) is 8.96. The minimum absolute atomic E-state index is 0.213. The van der Waals surface area contributed by atoms with Gasteiger partial charge in [0.2, 0.25) is 0 Å². The highest BCUT2D eigenvalue weighted by molar-refractivity contribution is 8.26.